The molecule has 0 spiro atoms. The van der Waals surface area contributed by atoms with E-state index in [1.54, 1.807) is 25.1 Å². The molecule has 3 amide bonds. The van der Waals surface area contributed by atoms with Gasteiger partial charge in [0.25, 0.3) is 5.91 Å². The van der Waals surface area contributed by atoms with E-state index in [-0.39, 0.29) is 76.2 Å². The maximum atomic E-state index is 13.5. The minimum absolute atomic E-state index is 0.0629. The number of fused-ring (bicyclic) bond motifs is 16. The van der Waals surface area contributed by atoms with E-state index >= 15 is 0 Å². The van der Waals surface area contributed by atoms with E-state index in [9.17, 15) is 27.6 Å². The topological polar surface area (TPSA) is 157 Å². The number of ether oxygens (including phenoxy) is 3. The molecule has 0 radical (unpaired) electrons. The second-order valence-electron chi connectivity index (χ2n) is 11.4. The highest BCUT2D eigenvalue weighted by Crippen LogP contribution is 2.35. The average molecular weight is 626 g/mol. The molecule has 0 aromatic heterocycles. The molecule has 0 aliphatic carbocycles. The molecule has 43 heavy (non-hydrogen) atoms. The van der Waals surface area contributed by atoms with Crippen LogP contribution in [0.4, 0.5) is 0 Å². The first-order valence-corrected chi connectivity index (χ1v) is 16.8. The minimum atomic E-state index is -3.35. The summed E-state index contributed by atoms with van der Waals surface area (Å²) in [5.74, 6) is -0.749. The fourth-order valence-electron chi connectivity index (χ4n) is 4.77. The Kier molecular flexibility index (Phi) is 14.2. The zero-order valence-electron chi connectivity index (χ0n) is 26.0. The van der Waals surface area contributed by atoms with Gasteiger partial charge in [0.05, 0.1) is 24.9 Å². The summed E-state index contributed by atoms with van der Waals surface area (Å²) in [6.07, 6.45) is 2.74. The summed E-state index contributed by atoms with van der Waals surface area (Å²) in [6, 6.07) is 5.23. The van der Waals surface area contributed by atoms with Gasteiger partial charge in [-0.3, -0.25) is 19.2 Å². The summed E-state index contributed by atoms with van der Waals surface area (Å²) < 4.78 is 39.9. The molecule has 2 heterocycles. The largest absolute Gasteiger partial charge is 0.493 e. The maximum absolute atomic E-state index is 13.5. The van der Waals surface area contributed by atoms with E-state index in [0.717, 1.165) is 18.2 Å². The Morgan fingerprint density at radius 2 is 1.88 bits per heavy atom. The van der Waals surface area contributed by atoms with Crippen molar-refractivity contribution in [2.24, 2.45) is 11.3 Å². The Hall–Kier alpha value is -3.35. The molecular weight excluding hydrogens is 578 g/mol. The Labute approximate surface area is 255 Å². The highest BCUT2D eigenvalue weighted by Gasteiger charge is 2.40. The normalized spacial score (nSPS) is 19.3. The van der Waals surface area contributed by atoms with E-state index < -0.39 is 27.1 Å². The molecule has 2 N–H and O–H groups in total. The molecule has 0 saturated carbocycles. The number of hydrogen-bond donors (Lipinski definition) is 2. The van der Waals surface area contributed by atoms with Crippen LogP contribution in [-0.4, -0.2) is 95.5 Å². The van der Waals surface area contributed by atoms with Gasteiger partial charge in [0.1, 0.15) is 9.84 Å². The molecule has 1 unspecified atom stereocenters. The van der Waals surface area contributed by atoms with Gasteiger partial charge in [0.2, 0.25) is 11.8 Å². The van der Waals surface area contributed by atoms with Gasteiger partial charge in [-0.1, -0.05) is 19.9 Å². The van der Waals surface area contributed by atoms with Gasteiger partial charge in [-0.2, -0.15) is 0 Å². The van der Waals surface area contributed by atoms with Gasteiger partial charge in [-0.05, 0) is 56.2 Å². The van der Waals surface area contributed by atoms with Crippen molar-refractivity contribution < 1.29 is 41.8 Å². The highest BCUT2D eigenvalue weighted by atomic mass is 32.2. The van der Waals surface area contributed by atoms with Crippen LogP contribution in [0.2, 0.25) is 0 Å². The number of esters is 1. The molecule has 2 aliphatic heterocycles. The van der Waals surface area contributed by atoms with Crippen molar-refractivity contribution in [3.05, 3.63) is 23.8 Å². The van der Waals surface area contributed by atoms with Gasteiger partial charge in [0, 0.05) is 45.3 Å². The molecule has 0 fully saturated rings. The molecule has 0 saturated heterocycles. The first kappa shape index (κ1) is 35.8. The molecule has 1 aromatic rings. The zero-order chi connectivity index (χ0) is 32.0. The summed E-state index contributed by atoms with van der Waals surface area (Å²) in [5.41, 5.74) is -0.263. The molecule has 12 nitrogen and oxygen atoms in total. The third-order valence-electron chi connectivity index (χ3n) is 7.24. The Balaban J connectivity index is 2.39. The number of carbonyl (C=O) groups excluding carboxylic acids is 4. The fraction of sp³-hybridized carbons (Fsp3) is 0.667. The SMILES string of the molecule is CCOC(=O)C1(CCC(C)C)CNC(=O)CCCN(C(=O)CCS(C)(=O)=O)CCNC(=O)COc2ccc(cc2OC)C1. The Bertz CT molecular complexity index is 1220. The van der Waals surface area contributed by atoms with Crippen LogP contribution in [0.25, 0.3) is 0 Å². The van der Waals surface area contributed by atoms with Crippen molar-refractivity contribution in [3.63, 3.8) is 0 Å². The summed E-state index contributed by atoms with van der Waals surface area (Å²) in [5, 5.41) is 5.63. The van der Waals surface area contributed by atoms with E-state index in [2.05, 4.69) is 24.5 Å². The molecular formula is C30H47N3O9S. The summed E-state index contributed by atoms with van der Waals surface area (Å²) in [6.45, 7) is 6.28. The van der Waals surface area contributed by atoms with Crippen LogP contribution in [-0.2, 0) is 40.2 Å². The number of rotatable bonds is 9. The van der Waals surface area contributed by atoms with Crippen LogP contribution in [0.5, 0.6) is 11.5 Å². The Morgan fingerprint density at radius 3 is 2.53 bits per heavy atom. The van der Waals surface area contributed by atoms with Crippen molar-refractivity contribution in [2.45, 2.75) is 59.3 Å². The van der Waals surface area contributed by atoms with Crippen molar-refractivity contribution in [1.29, 1.82) is 0 Å². The highest BCUT2D eigenvalue weighted by molar-refractivity contribution is 7.90. The molecule has 242 valence electrons. The molecule has 2 bridgehead atoms. The van der Waals surface area contributed by atoms with Crippen LogP contribution < -0.4 is 20.1 Å². The third-order valence-corrected chi connectivity index (χ3v) is 8.18. The molecule has 1 atom stereocenters. The molecule has 13 heteroatoms. The van der Waals surface area contributed by atoms with Crippen LogP contribution >= 0.6 is 0 Å². The lowest BCUT2D eigenvalue weighted by molar-refractivity contribution is -0.156. The maximum Gasteiger partial charge on any atom is 0.314 e. The van der Waals surface area contributed by atoms with Gasteiger partial charge in [-0.25, -0.2) is 8.42 Å². The first-order chi connectivity index (χ1) is 20.3. The standard InChI is InChI=1S/C30H47N3O9S/c1-6-41-29(37)30(13-11-22(2)3)19-23-9-10-24(25(18-23)40-4)42-20-27(35)31-14-16-33(15-7-8-26(34)32-21-30)28(36)12-17-43(5,38)39/h9-10,18,22H,6-8,11-17,19-21H2,1-5H3,(H,31,35)(H,32,34). The van der Waals surface area contributed by atoms with Crippen LogP contribution in [0.15, 0.2) is 18.2 Å². The third kappa shape index (κ3) is 12.4. The summed E-state index contributed by atoms with van der Waals surface area (Å²) in [7, 11) is -1.86. The quantitative estimate of drug-likeness (QED) is 0.309. The number of benzene rings is 1. The first-order valence-electron chi connectivity index (χ1n) is 14.7. The van der Waals surface area contributed by atoms with Gasteiger partial charge in [0.15, 0.2) is 18.1 Å². The number of nitrogens with one attached hydrogen (secondary N) is 2. The van der Waals surface area contributed by atoms with E-state index in [0.29, 0.717) is 30.3 Å². The van der Waals surface area contributed by atoms with Crippen molar-refractivity contribution in [3.8, 4) is 11.5 Å². The average Bonchev–Trinajstić information content (AvgIpc) is 2.95. The van der Waals surface area contributed by atoms with Gasteiger partial charge >= 0.3 is 5.97 Å². The minimum Gasteiger partial charge on any atom is -0.493 e. The van der Waals surface area contributed by atoms with Crippen LogP contribution in [0, 0.1) is 11.3 Å². The number of nitrogens with zero attached hydrogens (tertiary/aromatic N) is 1. The Morgan fingerprint density at radius 1 is 1.14 bits per heavy atom. The fourth-order valence-corrected chi connectivity index (χ4v) is 5.32. The number of methoxy groups -OCH3 is 1. The summed E-state index contributed by atoms with van der Waals surface area (Å²) >= 11 is 0. The monoisotopic (exact) mass is 625 g/mol. The number of amides is 3. The predicted molar refractivity (Wildman–Crippen MR) is 161 cm³/mol. The predicted octanol–water partition coefficient (Wildman–Crippen LogP) is 1.89. The lowest BCUT2D eigenvalue weighted by Crippen LogP contribution is -2.46. The van der Waals surface area contributed by atoms with Crippen LogP contribution in [0.3, 0.4) is 0 Å². The van der Waals surface area contributed by atoms with E-state index in [4.69, 9.17) is 14.2 Å². The van der Waals surface area contributed by atoms with Crippen molar-refractivity contribution in [2.75, 3.05) is 58.5 Å². The van der Waals surface area contributed by atoms with Gasteiger partial charge < -0.3 is 29.7 Å². The smallest absolute Gasteiger partial charge is 0.314 e. The lowest BCUT2D eigenvalue weighted by atomic mass is 9.76. The number of hydrogen-bond acceptors (Lipinski definition) is 9. The van der Waals surface area contributed by atoms with Gasteiger partial charge in [-0.15, -0.1) is 0 Å². The number of carbonyl (C=O) groups is 4. The van der Waals surface area contributed by atoms with Crippen LogP contribution in [0.1, 0.15) is 58.4 Å². The molecule has 3 rings (SSSR count). The summed E-state index contributed by atoms with van der Waals surface area (Å²) in [4.78, 5) is 53.2. The number of sulfone groups is 1. The second-order valence-corrected chi connectivity index (χ2v) is 13.6. The van der Waals surface area contributed by atoms with Crippen molar-refractivity contribution >= 4 is 33.5 Å². The van der Waals surface area contributed by atoms with Crippen molar-refractivity contribution in [1.82, 2.24) is 15.5 Å². The zero-order valence-corrected chi connectivity index (χ0v) is 26.8. The second kappa shape index (κ2) is 17.1. The van der Waals surface area contributed by atoms with E-state index in [1.165, 1.54) is 12.0 Å². The molecule has 2 aliphatic rings. The van der Waals surface area contributed by atoms with E-state index in [1.807, 2.05) is 0 Å². The molecule has 1 aromatic carbocycles. The lowest BCUT2D eigenvalue weighted by Gasteiger charge is -2.33.